The fraction of sp³-hybridized carbons (Fsp3) is 0.833. The molecule has 82 heavy (non-hydrogen) atoms. The van der Waals surface area contributed by atoms with Crippen molar-refractivity contribution in [3.63, 3.8) is 0 Å². The van der Waals surface area contributed by atoms with E-state index in [9.17, 15) is 19.0 Å². The molecule has 0 radical (unpaired) electrons. The highest BCUT2D eigenvalue weighted by Crippen LogP contribution is 2.38. The van der Waals surface area contributed by atoms with E-state index in [-0.39, 0.29) is 24.9 Å². The van der Waals surface area contributed by atoms with Crippen LogP contribution in [-0.4, -0.2) is 69.4 Å². The summed E-state index contributed by atoms with van der Waals surface area (Å²) in [4.78, 5) is 40.1. The lowest BCUT2D eigenvalue weighted by Gasteiger charge is -2.30. The Labute approximate surface area is 509 Å². The number of ether oxygens (including phenoxy) is 1. The molecule has 480 valence electrons. The number of unbranched alkanes of at least 4 members (excludes halogenated alkanes) is 40. The van der Waals surface area contributed by atoms with Crippen molar-refractivity contribution in [1.82, 2.24) is 5.32 Å². The number of likely N-dealkylation sites (N-methyl/N-ethyl adjacent to an activating group) is 1. The van der Waals surface area contributed by atoms with Gasteiger partial charge in [0.2, 0.25) is 5.91 Å². The highest BCUT2D eigenvalue weighted by molar-refractivity contribution is 7.45. The van der Waals surface area contributed by atoms with Gasteiger partial charge in [0.25, 0.3) is 7.82 Å². The Bertz CT molecular complexity index is 1590. The molecule has 1 amide bonds. The van der Waals surface area contributed by atoms with E-state index in [4.69, 9.17) is 13.8 Å². The van der Waals surface area contributed by atoms with Gasteiger partial charge in [-0.2, -0.15) is 0 Å². The van der Waals surface area contributed by atoms with Crippen LogP contribution in [0.3, 0.4) is 0 Å². The largest absolute Gasteiger partial charge is 0.756 e. The van der Waals surface area contributed by atoms with Crippen LogP contribution in [0.4, 0.5) is 0 Å². The molecule has 0 aromatic heterocycles. The molecule has 9 nitrogen and oxygen atoms in total. The minimum absolute atomic E-state index is 0.0252. The van der Waals surface area contributed by atoms with Crippen LogP contribution in [-0.2, 0) is 27.9 Å². The van der Waals surface area contributed by atoms with Crippen LogP contribution in [0.2, 0.25) is 0 Å². The molecule has 3 unspecified atom stereocenters. The number of hydrogen-bond donors (Lipinski definition) is 1. The van der Waals surface area contributed by atoms with Crippen LogP contribution < -0.4 is 10.2 Å². The van der Waals surface area contributed by atoms with E-state index in [1.165, 1.54) is 205 Å². The van der Waals surface area contributed by atoms with Gasteiger partial charge in [-0.3, -0.25) is 14.2 Å². The second kappa shape index (κ2) is 61.8. The highest BCUT2D eigenvalue weighted by Gasteiger charge is 2.27. The number of phosphoric ester groups is 1. The first-order valence-electron chi connectivity index (χ1n) is 35.1. The first kappa shape index (κ1) is 79.7. The summed E-state index contributed by atoms with van der Waals surface area (Å²) >= 11 is 0. The average molecular weight is 1170 g/mol. The van der Waals surface area contributed by atoms with Crippen LogP contribution >= 0.6 is 7.82 Å². The Kier molecular flexibility index (Phi) is 60.1. The summed E-state index contributed by atoms with van der Waals surface area (Å²) in [6.45, 7) is 6.84. The maximum absolute atomic E-state index is 13.6. The van der Waals surface area contributed by atoms with Gasteiger partial charge in [0.05, 0.1) is 33.8 Å². The molecule has 0 spiro atoms. The maximum Gasteiger partial charge on any atom is 0.306 e. The van der Waals surface area contributed by atoms with Crippen molar-refractivity contribution in [1.29, 1.82) is 0 Å². The Morgan fingerprint density at radius 1 is 0.427 bits per heavy atom. The van der Waals surface area contributed by atoms with Gasteiger partial charge in [0.1, 0.15) is 19.3 Å². The second-order valence-electron chi connectivity index (χ2n) is 25.0. The van der Waals surface area contributed by atoms with E-state index in [2.05, 4.69) is 74.7 Å². The molecule has 0 bridgehead atoms. The second-order valence-corrected chi connectivity index (χ2v) is 26.4. The third kappa shape index (κ3) is 62.2. The molecule has 0 heterocycles. The topological polar surface area (TPSA) is 114 Å². The Balaban J connectivity index is 5.08. The molecule has 0 aliphatic heterocycles. The zero-order chi connectivity index (χ0) is 60.0. The standard InChI is InChI=1S/C72H135N2O7P/c1-7-10-13-16-19-22-25-28-30-32-34-35-36-37-38-39-41-43-45-47-50-53-56-59-62-65-72(76)81-70(63-60-57-54-51-48-27-24-21-18-15-12-9-3)69(68-80-82(77,78)79-67-66-74(4,5)6)73-71(75)64-61-58-55-52-49-46-44-42-40-33-31-29-26-23-20-17-14-11-8-2/h20,23,28-31,40,42,60,63,69-70H,7-19,21-22,24-27,32-39,41,43-59,61-62,64-68H2,1-6H3,(H-,73,75,77,78)/b23-20-,30-28+,31-29-,42-40-,63-60-. The molecular weight excluding hydrogens is 1040 g/mol. The minimum atomic E-state index is -4.71. The number of carbonyl (C=O) groups is 2. The number of nitrogens with one attached hydrogen (secondary N) is 1. The van der Waals surface area contributed by atoms with Crippen LogP contribution in [0.5, 0.6) is 0 Å². The van der Waals surface area contributed by atoms with E-state index >= 15 is 0 Å². The Hall–Kier alpha value is -2.29. The zero-order valence-corrected chi connectivity index (χ0v) is 55.8. The van der Waals surface area contributed by atoms with E-state index in [1.807, 2.05) is 33.3 Å². The van der Waals surface area contributed by atoms with E-state index in [0.717, 1.165) is 96.3 Å². The van der Waals surface area contributed by atoms with E-state index in [1.54, 1.807) is 0 Å². The first-order valence-corrected chi connectivity index (χ1v) is 36.6. The van der Waals surface area contributed by atoms with Crippen molar-refractivity contribution in [2.24, 2.45) is 0 Å². The van der Waals surface area contributed by atoms with Gasteiger partial charge in [-0.05, 0) is 96.0 Å². The van der Waals surface area contributed by atoms with Crippen molar-refractivity contribution < 1.29 is 37.3 Å². The lowest BCUT2D eigenvalue weighted by Crippen LogP contribution is -2.47. The molecule has 0 aromatic rings. The van der Waals surface area contributed by atoms with Gasteiger partial charge >= 0.3 is 5.97 Å². The van der Waals surface area contributed by atoms with Gasteiger partial charge < -0.3 is 28.5 Å². The van der Waals surface area contributed by atoms with Gasteiger partial charge in [-0.25, -0.2) is 0 Å². The van der Waals surface area contributed by atoms with Crippen molar-refractivity contribution in [3.8, 4) is 0 Å². The molecule has 1 N–H and O–H groups in total. The summed E-state index contributed by atoms with van der Waals surface area (Å²) in [5.41, 5.74) is 0. The SMILES string of the molecule is CCCCC/C=C\C/C=C\C/C=C\CCCCCCCCC(=O)NC(COP(=O)([O-])OCC[N+](C)(C)C)C(/C=C\CCCCCCCCCCCC)OC(=O)CCCCCCCCCCCCCCCCC/C=C/CCCCCCCC. The molecule has 0 saturated heterocycles. The summed E-state index contributed by atoms with van der Waals surface area (Å²) in [6, 6.07) is -0.896. The number of nitrogens with zero attached hydrogens (tertiary/aromatic N) is 1. The fourth-order valence-electron chi connectivity index (χ4n) is 10.2. The predicted octanol–water partition coefficient (Wildman–Crippen LogP) is 21.5. The number of phosphoric acid groups is 1. The lowest BCUT2D eigenvalue weighted by atomic mass is 10.0. The molecule has 0 aliphatic rings. The van der Waals surface area contributed by atoms with Crippen molar-refractivity contribution in [3.05, 3.63) is 60.8 Å². The Morgan fingerprint density at radius 3 is 1.15 bits per heavy atom. The highest BCUT2D eigenvalue weighted by atomic mass is 31.2. The fourth-order valence-corrected chi connectivity index (χ4v) is 11.0. The number of quaternary nitrogens is 1. The lowest BCUT2D eigenvalue weighted by molar-refractivity contribution is -0.870. The van der Waals surface area contributed by atoms with Gasteiger partial charge in [-0.1, -0.05) is 287 Å². The third-order valence-electron chi connectivity index (χ3n) is 15.7. The first-order chi connectivity index (χ1) is 39.9. The normalized spacial score (nSPS) is 13.9. The third-order valence-corrected chi connectivity index (χ3v) is 16.6. The summed E-state index contributed by atoms with van der Waals surface area (Å²) in [5, 5.41) is 3.04. The van der Waals surface area contributed by atoms with Gasteiger partial charge in [-0.15, -0.1) is 0 Å². The van der Waals surface area contributed by atoms with Gasteiger partial charge in [0.15, 0.2) is 0 Å². The van der Waals surface area contributed by atoms with Crippen LogP contribution in [0, 0.1) is 0 Å². The van der Waals surface area contributed by atoms with Crippen LogP contribution in [0.15, 0.2) is 60.8 Å². The number of rotatable bonds is 64. The van der Waals surface area contributed by atoms with Crippen LogP contribution in [0.25, 0.3) is 0 Å². The van der Waals surface area contributed by atoms with E-state index in [0.29, 0.717) is 17.4 Å². The molecule has 3 atom stereocenters. The number of carbonyl (C=O) groups excluding carboxylic acids is 2. The summed E-state index contributed by atoms with van der Waals surface area (Å²) in [5.74, 6) is -0.544. The van der Waals surface area contributed by atoms with Gasteiger partial charge in [0, 0.05) is 12.8 Å². The maximum atomic E-state index is 13.6. The molecule has 0 fully saturated rings. The predicted molar refractivity (Wildman–Crippen MR) is 353 cm³/mol. The Morgan fingerprint density at radius 2 is 0.744 bits per heavy atom. The molecule has 10 heteroatoms. The zero-order valence-electron chi connectivity index (χ0n) is 54.9. The monoisotopic (exact) mass is 1170 g/mol. The summed E-state index contributed by atoms with van der Waals surface area (Å²) in [7, 11) is 1.18. The molecular formula is C72H135N2O7P. The smallest absolute Gasteiger partial charge is 0.306 e. The number of hydrogen-bond acceptors (Lipinski definition) is 7. The quantitative estimate of drug-likeness (QED) is 0.0212. The number of amides is 1. The van der Waals surface area contributed by atoms with Crippen molar-refractivity contribution in [2.45, 2.75) is 348 Å². The minimum Gasteiger partial charge on any atom is -0.756 e. The number of allylic oxidation sites excluding steroid dienone is 9. The molecule has 0 saturated carbocycles. The van der Waals surface area contributed by atoms with E-state index < -0.39 is 26.6 Å². The number of esters is 1. The average Bonchev–Trinajstić information content (AvgIpc) is 3.47. The molecule has 0 rings (SSSR count). The molecule has 0 aromatic carbocycles. The molecule has 0 aliphatic carbocycles. The summed E-state index contributed by atoms with van der Waals surface area (Å²) in [6.07, 6.45) is 79.1. The van der Waals surface area contributed by atoms with Crippen LogP contribution in [0.1, 0.15) is 335 Å². The van der Waals surface area contributed by atoms with Crippen molar-refractivity contribution in [2.75, 3.05) is 40.9 Å². The summed E-state index contributed by atoms with van der Waals surface area (Å²) < 4.78 is 30.4. The van der Waals surface area contributed by atoms with Crippen molar-refractivity contribution >= 4 is 19.7 Å².